The van der Waals surface area contributed by atoms with Gasteiger partial charge in [-0.2, -0.15) is 0 Å². The van der Waals surface area contributed by atoms with Crippen molar-refractivity contribution in [2.24, 2.45) is 0 Å². The standard InChI is InChI=1S/C15H22O3/c1-12-7-8-14(15(18-12)9-10-16)17-11-13-5-3-2-4-6-13/h2-6,12,14-16H,7-11H2,1H3/t12-,14+,15-/m1/s1. The van der Waals surface area contributed by atoms with Gasteiger partial charge in [0.2, 0.25) is 0 Å². The van der Waals surface area contributed by atoms with Gasteiger partial charge in [0, 0.05) is 6.61 Å². The van der Waals surface area contributed by atoms with Gasteiger partial charge in [0.05, 0.1) is 24.9 Å². The predicted octanol–water partition coefficient (Wildman–Crippen LogP) is 2.52. The number of aliphatic hydroxyl groups is 1. The van der Waals surface area contributed by atoms with Crippen LogP contribution in [0.4, 0.5) is 0 Å². The molecule has 3 atom stereocenters. The quantitative estimate of drug-likeness (QED) is 0.872. The molecule has 1 heterocycles. The Morgan fingerprint density at radius 3 is 2.78 bits per heavy atom. The number of rotatable bonds is 5. The van der Waals surface area contributed by atoms with Crippen LogP contribution in [0.1, 0.15) is 31.7 Å². The molecule has 0 aliphatic carbocycles. The number of benzene rings is 1. The first-order chi connectivity index (χ1) is 8.79. The number of hydrogen-bond acceptors (Lipinski definition) is 3. The third-order valence-electron chi connectivity index (χ3n) is 3.40. The van der Waals surface area contributed by atoms with Crippen molar-refractivity contribution in [3.05, 3.63) is 35.9 Å². The number of ether oxygens (including phenoxy) is 2. The van der Waals surface area contributed by atoms with Crippen molar-refractivity contribution < 1.29 is 14.6 Å². The molecule has 100 valence electrons. The van der Waals surface area contributed by atoms with Crippen molar-refractivity contribution in [3.63, 3.8) is 0 Å². The smallest absolute Gasteiger partial charge is 0.0862 e. The fraction of sp³-hybridized carbons (Fsp3) is 0.600. The molecule has 2 rings (SSSR count). The Bertz CT molecular complexity index is 339. The summed E-state index contributed by atoms with van der Waals surface area (Å²) in [6.07, 6.45) is 3.11. The van der Waals surface area contributed by atoms with Crippen LogP contribution in [0.25, 0.3) is 0 Å². The minimum atomic E-state index is 0.0301. The molecule has 1 fully saturated rings. The lowest BCUT2D eigenvalue weighted by molar-refractivity contribution is -0.144. The average Bonchev–Trinajstić information content (AvgIpc) is 2.39. The van der Waals surface area contributed by atoms with Crippen LogP contribution in [0.5, 0.6) is 0 Å². The molecule has 1 aromatic carbocycles. The fourth-order valence-corrected chi connectivity index (χ4v) is 2.39. The highest BCUT2D eigenvalue weighted by atomic mass is 16.5. The van der Waals surface area contributed by atoms with Crippen LogP contribution in [0.15, 0.2) is 30.3 Å². The van der Waals surface area contributed by atoms with E-state index in [0.717, 1.165) is 12.8 Å². The molecule has 0 spiro atoms. The molecule has 0 aromatic heterocycles. The van der Waals surface area contributed by atoms with Crippen LogP contribution < -0.4 is 0 Å². The molecular weight excluding hydrogens is 228 g/mol. The van der Waals surface area contributed by atoms with Gasteiger partial charge >= 0.3 is 0 Å². The first-order valence-electron chi connectivity index (χ1n) is 6.71. The van der Waals surface area contributed by atoms with Crippen LogP contribution in [-0.4, -0.2) is 30.0 Å². The average molecular weight is 250 g/mol. The molecule has 1 aliphatic rings. The van der Waals surface area contributed by atoms with Gasteiger partial charge in [-0.3, -0.25) is 0 Å². The zero-order valence-corrected chi connectivity index (χ0v) is 10.9. The second kappa shape index (κ2) is 6.88. The highest BCUT2D eigenvalue weighted by molar-refractivity contribution is 5.13. The SMILES string of the molecule is C[C@@H]1CC[C@H](OCc2ccccc2)[C@@H](CCO)O1. The third-order valence-corrected chi connectivity index (χ3v) is 3.40. The molecule has 0 bridgehead atoms. The summed E-state index contributed by atoms with van der Waals surface area (Å²) in [5.74, 6) is 0. The van der Waals surface area contributed by atoms with Crippen LogP contribution >= 0.6 is 0 Å². The van der Waals surface area contributed by atoms with Crippen LogP contribution in [0.2, 0.25) is 0 Å². The molecule has 0 radical (unpaired) electrons. The molecule has 3 heteroatoms. The molecule has 1 aliphatic heterocycles. The lowest BCUT2D eigenvalue weighted by atomic mass is 9.99. The number of hydrogen-bond donors (Lipinski definition) is 1. The number of aliphatic hydroxyl groups excluding tert-OH is 1. The van der Waals surface area contributed by atoms with Crippen molar-refractivity contribution in [3.8, 4) is 0 Å². The van der Waals surface area contributed by atoms with Gasteiger partial charge in [-0.15, -0.1) is 0 Å². The molecule has 0 saturated carbocycles. The maximum absolute atomic E-state index is 9.07. The van der Waals surface area contributed by atoms with E-state index in [2.05, 4.69) is 19.1 Å². The first-order valence-corrected chi connectivity index (χ1v) is 6.71. The van der Waals surface area contributed by atoms with E-state index >= 15 is 0 Å². The van der Waals surface area contributed by atoms with Gasteiger partial charge < -0.3 is 14.6 Å². The van der Waals surface area contributed by atoms with Gasteiger partial charge in [-0.05, 0) is 31.7 Å². The molecule has 18 heavy (non-hydrogen) atoms. The van der Waals surface area contributed by atoms with Crippen molar-refractivity contribution in [2.45, 2.75) is 51.1 Å². The third kappa shape index (κ3) is 3.80. The van der Waals surface area contributed by atoms with E-state index < -0.39 is 0 Å². The summed E-state index contributed by atoms with van der Waals surface area (Å²) in [5.41, 5.74) is 1.18. The van der Waals surface area contributed by atoms with E-state index in [1.807, 2.05) is 18.2 Å². The Hall–Kier alpha value is -0.900. The summed E-state index contributed by atoms with van der Waals surface area (Å²) in [5, 5.41) is 9.07. The minimum Gasteiger partial charge on any atom is -0.396 e. The highest BCUT2D eigenvalue weighted by Gasteiger charge is 2.29. The van der Waals surface area contributed by atoms with Gasteiger partial charge in [0.25, 0.3) is 0 Å². The minimum absolute atomic E-state index is 0.0301. The van der Waals surface area contributed by atoms with Crippen molar-refractivity contribution >= 4 is 0 Å². The van der Waals surface area contributed by atoms with E-state index in [9.17, 15) is 0 Å². The van der Waals surface area contributed by atoms with Gasteiger partial charge in [0.1, 0.15) is 0 Å². The molecule has 1 saturated heterocycles. The Morgan fingerprint density at radius 1 is 1.28 bits per heavy atom. The summed E-state index contributed by atoms with van der Waals surface area (Å²) in [4.78, 5) is 0. The van der Waals surface area contributed by atoms with E-state index in [0.29, 0.717) is 13.0 Å². The Balaban J connectivity index is 1.86. The highest BCUT2D eigenvalue weighted by Crippen LogP contribution is 2.24. The van der Waals surface area contributed by atoms with E-state index in [-0.39, 0.29) is 24.9 Å². The molecule has 1 N–H and O–H groups in total. The maximum atomic E-state index is 9.07. The van der Waals surface area contributed by atoms with Gasteiger partial charge in [-0.1, -0.05) is 30.3 Å². The molecule has 3 nitrogen and oxygen atoms in total. The summed E-state index contributed by atoms with van der Waals surface area (Å²) in [6, 6.07) is 10.2. The summed E-state index contributed by atoms with van der Waals surface area (Å²) >= 11 is 0. The first kappa shape index (κ1) is 13.5. The van der Waals surface area contributed by atoms with Gasteiger partial charge in [0.15, 0.2) is 0 Å². The van der Waals surface area contributed by atoms with Crippen LogP contribution in [0, 0.1) is 0 Å². The van der Waals surface area contributed by atoms with E-state index in [1.54, 1.807) is 0 Å². The van der Waals surface area contributed by atoms with Crippen molar-refractivity contribution in [2.75, 3.05) is 6.61 Å². The van der Waals surface area contributed by atoms with Gasteiger partial charge in [-0.25, -0.2) is 0 Å². The normalized spacial score (nSPS) is 28.2. The molecule has 1 aromatic rings. The lowest BCUT2D eigenvalue weighted by Crippen LogP contribution is -2.40. The van der Waals surface area contributed by atoms with Crippen LogP contribution in [0.3, 0.4) is 0 Å². The fourth-order valence-electron chi connectivity index (χ4n) is 2.39. The monoisotopic (exact) mass is 250 g/mol. The van der Waals surface area contributed by atoms with E-state index in [4.69, 9.17) is 14.6 Å². The summed E-state index contributed by atoms with van der Waals surface area (Å²) < 4.78 is 11.8. The Kier molecular flexibility index (Phi) is 5.17. The Labute approximate surface area is 109 Å². The molecule has 0 unspecified atom stereocenters. The lowest BCUT2D eigenvalue weighted by Gasteiger charge is -2.35. The van der Waals surface area contributed by atoms with Crippen molar-refractivity contribution in [1.82, 2.24) is 0 Å². The van der Waals surface area contributed by atoms with E-state index in [1.165, 1.54) is 5.56 Å². The van der Waals surface area contributed by atoms with Crippen molar-refractivity contribution in [1.29, 1.82) is 0 Å². The maximum Gasteiger partial charge on any atom is 0.0862 e. The second-order valence-electron chi connectivity index (χ2n) is 4.91. The zero-order chi connectivity index (χ0) is 12.8. The second-order valence-corrected chi connectivity index (χ2v) is 4.91. The summed E-state index contributed by atoms with van der Waals surface area (Å²) in [7, 11) is 0. The topological polar surface area (TPSA) is 38.7 Å². The summed E-state index contributed by atoms with van der Waals surface area (Å²) in [6.45, 7) is 2.85. The Morgan fingerprint density at radius 2 is 2.06 bits per heavy atom. The van der Waals surface area contributed by atoms with Crippen LogP contribution in [-0.2, 0) is 16.1 Å². The molecule has 0 amide bonds. The largest absolute Gasteiger partial charge is 0.396 e. The zero-order valence-electron chi connectivity index (χ0n) is 10.9. The molecular formula is C15H22O3. The predicted molar refractivity (Wildman–Crippen MR) is 70.3 cm³/mol.